The van der Waals surface area contributed by atoms with Crippen molar-refractivity contribution in [3.8, 4) is 5.75 Å². The van der Waals surface area contributed by atoms with Gasteiger partial charge in [0.15, 0.2) is 0 Å². The Morgan fingerprint density at radius 2 is 2.10 bits per heavy atom. The van der Waals surface area contributed by atoms with Crippen LogP contribution in [-0.2, 0) is 0 Å². The topological polar surface area (TPSA) is 53.6 Å². The zero-order valence-corrected chi connectivity index (χ0v) is 12.9. The summed E-state index contributed by atoms with van der Waals surface area (Å²) in [5.41, 5.74) is 0.804. The van der Waals surface area contributed by atoms with E-state index in [9.17, 15) is 4.79 Å². The summed E-state index contributed by atoms with van der Waals surface area (Å²) in [6, 6.07) is 7.77. The van der Waals surface area contributed by atoms with Gasteiger partial charge in [0.05, 0.1) is 7.11 Å². The first-order chi connectivity index (χ1) is 10.2. The zero-order chi connectivity index (χ0) is 15.1. The molecule has 0 aliphatic carbocycles. The maximum Gasteiger partial charge on any atom is 0.322 e. The van der Waals surface area contributed by atoms with Crippen LogP contribution in [0.3, 0.4) is 0 Å². The minimum absolute atomic E-state index is 0.000898. The molecule has 1 fully saturated rings. The maximum atomic E-state index is 12.5. The number of rotatable bonds is 5. The van der Waals surface area contributed by atoms with Crippen molar-refractivity contribution < 1.29 is 9.53 Å². The monoisotopic (exact) mass is 291 g/mol. The Morgan fingerprint density at radius 3 is 2.76 bits per heavy atom. The van der Waals surface area contributed by atoms with Crippen LogP contribution in [0.15, 0.2) is 24.3 Å². The van der Waals surface area contributed by atoms with E-state index in [1.807, 2.05) is 36.2 Å². The van der Waals surface area contributed by atoms with Crippen LogP contribution in [0, 0.1) is 0 Å². The number of carbonyl (C=O) groups is 1. The number of urea groups is 1. The van der Waals surface area contributed by atoms with Gasteiger partial charge in [-0.1, -0.05) is 0 Å². The van der Waals surface area contributed by atoms with Gasteiger partial charge in [-0.15, -0.1) is 0 Å². The standard InChI is InChI=1S/C16H25N3O2/c1-17-11-10-14-5-3-4-12-19(14)16(20)18-13-6-8-15(21-2)9-7-13/h6-9,14,17H,3-5,10-12H2,1-2H3,(H,18,20). The summed E-state index contributed by atoms with van der Waals surface area (Å²) in [7, 11) is 3.58. The van der Waals surface area contributed by atoms with Crippen LogP contribution < -0.4 is 15.4 Å². The molecule has 1 saturated heterocycles. The number of ether oxygens (including phenoxy) is 1. The summed E-state index contributed by atoms with van der Waals surface area (Å²) >= 11 is 0. The molecule has 0 bridgehead atoms. The van der Waals surface area contributed by atoms with E-state index in [1.54, 1.807) is 7.11 Å². The Hall–Kier alpha value is -1.75. The van der Waals surface area contributed by atoms with Crippen LogP contribution in [-0.4, -0.2) is 44.2 Å². The number of likely N-dealkylation sites (tertiary alicyclic amines) is 1. The van der Waals surface area contributed by atoms with E-state index in [4.69, 9.17) is 4.74 Å². The summed E-state index contributed by atoms with van der Waals surface area (Å²) in [6.45, 7) is 1.79. The molecule has 116 valence electrons. The summed E-state index contributed by atoms with van der Waals surface area (Å²) in [4.78, 5) is 14.4. The van der Waals surface area contributed by atoms with Gasteiger partial charge >= 0.3 is 6.03 Å². The molecule has 2 rings (SSSR count). The lowest BCUT2D eigenvalue weighted by Crippen LogP contribution is -2.46. The average molecular weight is 291 g/mol. The fraction of sp³-hybridized carbons (Fsp3) is 0.562. The van der Waals surface area contributed by atoms with Gasteiger partial charge < -0.3 is 20.3 Å². The lowest BCUT2D eigenvalue weighted by atomic mass is 10.00. The van der Waals surface area contributed by atoms with E-state index in [2.05, 4.69) is 10.6 Å². The summed E-state index contributed by atoms with van der Waals surface area (Å²) in [5.74, 6) is 0.790. The van der Waals surface area contributed by atoms with Crippen LogP contribution >= 0.6 is 0 Å². The van der Waals surface area contributed by atoms with Gasteiger partial charge in [-0.2, -0.15) is 0 Å². The van der Waals surface area contributed by atoms with Crippen molar-refractivity contribution in [1.29, 1.82) is 0 Å². The maximum absolute atomic E-state index is 12.5. The Bertz CT molecular complexity index is 447. The predicted octanol–water partition coefficient (Wildman–Crippen LogP) is 2.69. The molecular weight excluding hydrogens is 266 g/mol. The lowest BCUT2D eigenvalue weighted by Gasteiger charge is -2.35. The molecule has 5 nitrogen and oxygen atoms in total. The minimum Gasteiger partial charge on any atom is -0.497 e. The quantitative estimate of drug-likeness (QED) is 0.877. The Morgan fingerprint density at radius 1 is 1.33 bits per heavy atom. The molecule has 1 aromatic carbocycles. The molecule has 5 heteroatoms. The first-order valence-corrected chi connectivity index (χ1v) is 7.61. The summed E-state index contributed by atoms with van der Waals surface area (Å²) in [5, 5.41) is 6.14. The van der Waals surface area contributed by atoms with Crippen LogP contribution in [0.25, 0.3) is 0 Å². The molecule has 21 heavy (non-hydrogen) atoms. The molecule has 0 saturated carbocycles. The van der Waals surface area contributed by atoms with Gasteiger partial charge in [0, 0.05) is 18.3 Å². The van der Waals surface area contributed by atoms with Gasteiger partial charge in [0.25, 0.3) is 0 Å². The van der Waals surface area contributed by atoms with Crippen LogP contribution in [0.5, 0.6) is 5.75 Å². The summed E-state index contributed by atoms with van der Waals surface area (Å²) < 4.78 is 5.12. The molecule has 1 atom stereocenters. The number of benzene rings is 1. The highest BCUT2D eigenvalue weighted by molar-refractivity contribution is 5.89. The van der Waals surface area contributed by atoms with Gasteiger partial charge in [0.1, 0.15) is 5.75 Å². The van der Waals surface area contributed by atoms with Crippen molar-refractivity contribution in [2.24, 2.45) is 0 Å². The van der Waals surface area contributed by atoms with Gasteiger partial charge in [-0.05, 0) is 63.5 Å². The molecule has 1 aliphatic rings. The van der Waals surface area contributed by atoms with Gasteiger partial charge in [-0.3, -0.25) is 0 Å². The third-order valence-electron chi connectivity index (χ3n) is 3.96. The molecule has 1 heterocycles. The van der Waals surface area contributed by atoms with Crippen LogP contribution in [0.1, 0.15) is 25.7 Å². The molecular formula is C16H25N3O2. The number of nitrogens with one attached hydrogen (secondary N) is 2. The average Bonchev–Trinajstić information content (AvgIpc) is 2.54. The molecule has 1 aromatic rings. The van der Waals surface area contributed by atoms with E-state index in [0.717, 1.165) is 43.8 Å². The smallest absolute Gasteiger partial charge is 0.322 e. The van der Waals surface area contributed by atoms with E-state index in [-0.39, 0.29) is 6.03 Å². The highest BCUT2D eigenvalue weighted by Gasteiger charge is 2.26. The number of carbonyl (C=O) groups excluding carboxylic acids is 1. The van der Waals surface area contributed by atoms with Crippen molar-refractivity contribution in [2.75, 3.05) is 32.6 Å². The van der Waals surface area contributed by atoms with Crippen molar-refractivity contribution in [3.63, 3.8) is 0 Å². The molecule has 2 amide bonds. The highest BCUT2D eigenvalue weighted by atomic mass is 16.5. The SMILES string of the molecule is CNCCC1CCCCN1C(=O)Nc1ccc(OC)cc1. The predicted molar refractivity (Wildman–Crippen MR) is 84.9 cm³/mol. The minimum atomic E-state index is 0.000898. The third kappa shape index (κ3) is 4.36. The fourth-order valence-electron chi connectivity index (χ4n) is 2.75. The highest BCUT2D eigenvalue weighted by Crippen LogP contribution is 2.21. The fourth-order valence-corrected chi connectivity index (χ4v) is 2.75. The molecule has 0 aromatic heterocycles. The van der Waals surface area contributed by atoms with Gasteiger partial charge in [-0.25, -0.2) is 4.79 Å². The zero-order valence-electron chi connectivity index (χ0n) is 12.9. The molecule has 0 spiro atoms. The molecule has 1 unspecified atom stereocenters. The van der Waals surface area contributed by atoms with Crippen LogP contribution in [0.2, 0.25) is 0 Å². The second-order valence-corrected chi connectivity index (χ2v) is 5.39. The summed E-state index contributed by atoms with van der Waals surface area (Å²) in [6.07, 6.45) is 4.40. The number of amides is 2. The molecule has 1 aliphatic heterocycles. The van der Waals surface area contributed by atoms with Crippen molar-refractivity contribution in [1.82, 2.24) is 10.2 Å². The Balaban J connectivity index is 1.95. The lowest BCUT2D eigenvalue weighted by molar-refractivity contribution is 0.158. The first-order valence-electron chi connectivity index (χ1n) is 7.61. The van der Waals surface area contributed by atoms with E-state index in [0.29, 0.717) is 6.04 Å². The normalized spacial score (nSPS) is 18.4. The second-order valence-electron chi connectivity index (χ2n) is 5.39. The first kappa shape index (κ1) is 15.6. The Labute approximate surface area is 126 Å². The van der Waals surface area contributed by atoms with E-state index in [1.165, 1.54) is 6.42 Å². The van der Waals surface area contributed by atoms with E-state index < -0.39 is 0 Å². The van der Waals surface area contributed by atoms with Gasteiger partial charge in [0.2, 0.25) is 0 Å². The number of methoxy groups -OCH3 is 1. The van der Waals surface area contributed by atoms with E-state index >= 15 is 0 Å². The van der Waals surface area contributed by atoms with Crippen LogP contribution in [0.4, 0.5) is 10.5 Å². The Kier molecular flexibility index (Phi) is 5.87. The number of nitrogens with zero attached hydrogens (tertiary/aromatic N) is 1. The number of piperidine rings is 1. The molecule has 0 radical (unpaired) electrons. The number of anilines is 1. The molecule has 2 N–H and O–H groups in total. The van der Waals surface area contributed by atoms with Crippen molar-refractivity contribution in [2.45, 2.75) is 31.7 Å². The van der Waals surface area contributed by atoms with Crippen molar-refractivity contribution >= 4 is 11.7 Å². The third-order valence-corrected chi connectivity index (χ3v) is 3.96. The number of hydrogen-bond acceptors (Lipinski definition) is 3. The largest absolute Gasteiger partial charge is 0.497 e. The second kappa shape index (κ2) is 7.88. The number of hydrogen-bond donors (Lipinski definition) is 2. The van der Waals surface area contributed by atoms with Crippen molar-refractivity contribution in [3.05, 3.63) is 24.3 Å².